The molecule has 106 valence electrons. The molecule has 0 aliphatic rings. The molecule has 0 aromatic carbocycles. The van der Waals surface area contributed by atoms with Crippen LogP contribution in [0.1, 0.15) is 27.7 Å². The zero-order valence-electron chi connectivity index (χ0n) is 11.6. The predicted octanol–water partition coefficient (Wildman–Crippen LogP) is 1.89. The van der Waals surface area contributed by atoms with Crippen LogP contribution >= 0.6 is 11.6 Å². The van der Waals surface area contributed by atoms with Gasteiger partial charge in [-0.05, 0) is 27.7 Å². The van der Waals surface area contributed by atoms with Crippen LogP contribution in [0.3, 0.4) is 0 Å². The Bertz CT molecular complexity index is 438. The Balaban J connectivity index is 2.75. The van der Waals surface area contributed by atoms with Gasteiger partial charge in [-0.3, -0.25) is 4.79 Å². The van der Waals surface area contributed by atoms with Crippen molar-refractivity contribution >= 4 is 29.3 Å². The fourth-order valence-corrected chi connectivity index (χ4v) is 1.54. The molecular formula is C12H20ClN5O. The van der Waals surface area contributed by atoms with Crippen molar-refractivity contribution in [3.8, 4) is 0 Å². The summed E-state index contributed by atoms with van der Waals surface area (Å²) < 4.78 is 0. The summed E-state index contributed by atoms with van der Waals surface area (Å²) in [7, 11) is 0. The Morgan fingerprint density at radius 1 is 1.42 bits per heavy atom. The highest BCUT2D eigenvalue weighted by Gasteiger charge is 2.16. The van der Waals surface area contributed by atoms with Crippen LogP contribution in [0, 0.1) is 0 Å². The van der Waals surface area contributed by atoms with Crippen LogP contribution in [0.15, 0.2) is 6.20 Å². The lowest BCUT2D eigenvalue weighted by atomic mass is 10.3. The maximum atomic E-state index is 11.8. The van der Waals surface area contributed by atoms with Gasteiger partial charge in [-0.15, -0.1) is 0 Å². The highest BCUT2D eigenvalue weighted by Crippen LogP contribution is 2.20. The zero-order chi connectivity index (χ0) is 14.4. The van der Waals surface area contributed by atoms with Gasteiger partial charge in [0.05, 0.1) is 6.20 Å². The van der Waals surface area contributed by atoms with Crippen molar-refractivity contribution in [1.82, 2.24) is 15.3 Å². The van der Waals surface area contributed by atoms with Gasteiger partial charge < -0.3 is 16.0 Å². The first-order valence-corrected chi connectivity index (χ1v) is 6.65. The fraction of sp³-hybridized carbons (Fsp3) is 0.583. The highest BCUT2D eigenvalue weighted by atomic mass is 35.5. The third kappa shape index (κ3) is 4.90. The number of rotatable bonds is 6. The summed E-state index contributed by atoms with van der Waals surface area (Å²) in [6.45, 7) is 8.23. The van der Waals surface area contributed by atoms with Crippen molar-refractivity contribution in [3.63, 3.8) is 0 Å². The molecule has 0 fully saturated rings. The third-order valence-electron chi connectivity index (χ3n) is 2.26. The molecule has 0 saturated heterocycles. The van der Waals surface area contributed by atoms with Crippen molar-refractivity contribution in [2.75, 3.05) is 17.2 Å². The van der Waals surface area contributed by atoms with E-state index in [-0.39, 0.29) is 11.9 Å². The normalized spacial score (nSPS) is 12.1. The lowest BCUT2D eigenvalue weighted by molar-refractivity contribution is -0.122. The molecule has 6 nitrogen and oxygen atoms in total. The van der Waals surface area contributed by atoms with Gasteiger partial charge in [0, 0.05) is 12.6 Å². The summed E-state index contributed by atoms with van der Waals surface area (Å²) in [4.78, 5) is 20.1. The SMILES string of the molecule is CCNc1ncc(Cl)c(NC(C)C(=O)NC(C)C)n1. The standard InChI is InChI=1S/C12H20ClN5O/c1-5-14-12-15-6-9(13)10(18-12)17-8(4)11(19)16-7(2)3/h6-8H,5H2,1-4H3,(H,16,19)(H2,14,15,17,18). The molecule has 0 aliphatic carbocycles. The summed E-state index contributed by atoms with van der Waals surface area (Å²) >= 11 is 6.00. The quantitative estimate of drug-likeness (QED) is 0.744. The van der Waals surface area contributed by atoms with Crippen molar-refractivity contribution in [1.29, 1.82) is 0 Å². The molecule has 1 aromatic rings. The summed E-state index contributed by atoms with van der Waals surface area (Å²) in [6.07, 6.45) is 1.50. The Labute approximate surface area is 118 Å². The molecule has 1 unspecified atom stereocenters. The summed E-state index contributed by atoms with van der Waals surface area (Å²) in [6, 6.07) is -0.334. The number of nitrogens with one attached hydrogen (secondary N) is 3. The fourth-order valence-electron chi connectivity index (χ4n) is 1.39. The van der Waals surface area contributed by atoms with Gasteiger partial charge in [-0.2, -0.15) is 4.98 Å². The molecule has 0 bridgehead atoms. The van der Waals surface area contributed by atoms with Crippen LogP contribution in [0.5, 0.6) is 0 Å². The lowest BCUT2D eigenvalue weighted by Gasteiger charge is -2.17. The molecule has 1 heterocycles. The largest absolute Gasteiger partial charge is 0.357 e. The van der Waals surface area contributed by atoms with Crippen LogP contribution in [0.2, 0.25) is 5.02 Å². The molecular weight excluding hydrogens is 266 g/mol. The first-order valence-electron chi connectivity index (χ1n) is 6.27. The van der Waals surface area contributed by atoms with E-state index in [1.54, 1.807) is 6.92 Å². The Morgan fingerprint density at radius 2 is 2.11 bits per heavy atom. The maximum absolute atomic E-state index is 11.8. The molecule has 1 aromatic heterocycles. The Hall–Kier alpha value is -1.56. The number of anilines is 2. The summed E-state index contributed by atoms with van der Waals surface area (Å²) in [5.74, 6) is 0.819. The minimum absolute atomic E-state index is 0.0925. The van der Waals surface area contributed by atoms with Gasteiger partial charge in [0.25, 0.3) is 0 Å². The number of hydrogen-bond acceptors (Lipinski definition) is 5. The average Bonchev–Trinajstić information content (AvgIpc) is 2.32. The molecule has 0 aliphatic heterocycles. The molecule has 0 radical (unpaired) electrons. The Kier molecular flexibility index (Phi) is 5.82. The van der Waals surface area contributed by atoms with E-state index in [1.165, 1.54) is 6.20 Å². The second-order valence-corrected chi connectivity index (χ2v) is 4.86. The van der Waals surface area contributed by atoms with E-state index >= 15 is 0 Å². The number of carbonyl (C=O) groups is 1. The molecule has 1 rings (SSSR count). The molecule has 1 amide bonds. The van der Waals surface area contributed by atoms with E-state index in [4.69, 9.17) is 11.6 Å². The van der Waals surface area contributed by atoms with E-state index in [1.807, 2.05) is 20.8 Å². The molecule has 3 N–H and O–H groups in total. The second-order valence-electron chi connectivity index (χ2n) is 4.45. The lowest BCUT2D eigenvalue weighted by Crippen LogP contribution is -2.41. The number of halogens is 1. The number of hydrogen-bond donors (Lipinski definition) is 3. The summed E-state index contributed by atoms with van der Waals surface area (Å²) in [5.41, 5.74) is 0. The second kappa shape index (κ2) is 7.13. The van der Waals surface area contributed by atoms with Gasteiger partial charge in [0.1, 0.15) is 11.1 Å². The van der Waals surface area contributed by atoms with Gasteiger partial charge in [0.2, 0.25) is 11.9 Å². The first kappa shape index (κ1) is 15.5. The topological polar surface area (TPSA) is 78.9 Å². The molecule has 7 heteroatoms. The first-order chi connectivity index (χ1) is 8.93. The van der Waals surface area contributed by atoms with E-state index in [0.717, 1.165) is 0 Å². The molecule has 19 heavy (non-hydrogen) atoms. The Morgan fingerprint density at radius 3 is 2.68 bits per heavy atom. The number of nitrogens with zero attached hydrogens (tertiary/aromatic N) is 2. The number of amides is 1. The molecule has 1 atom stereocenters. The van der Waals surface area contributed by atoms with Crippen LogP contribution in [-0.2, 0) is 4.79 Å². The van der Waals surface area contributed by atoms with E-state index in [0.29, 0.717) is 23.3 Å². The molecule has 0 saturated carbocycles. The van der Waals surface area contributed by atoms with Crippen LogP contribution in [0.4, 0.5) is 11.8 Å². The maximum Gasteiger partial charge on any atom is 0.242 e. The third-order valence-corrected chi connectivity index (χ3v) is 2.53. The van der Waals surface area contributed by atoms with Crippen molar-refractivity contribution < 1.29 is 4.79 Å². The average molecular weight is 286 g/mol. The van der Waals surface area contributed by atoms with Gasteiger partial charge >= 0.3 is 0 Å². The van der Waals surface area contributed by atoms with Crippen molar-refractivity contribution in [2.24, 2.45) is 0 Å². The van der Waals surface area contributed by atoms with E-state index < -0.39 is 6.04 Å². The zero-order valence-corrected chi connectivity index (χ0v) is 12.4. The number of aromatic nitrogens is 2. The van der Waals surface area contributed by atoms with Gasteiger partial charge in [-0.25, -0.2) is 4.98 Å². The minimum Gasteiger partial charge on any atom is -0.357 e. The van der Waals surface area contributed by atoms with Crippen LogP contribution in [-0.4, -0.2) is 34.5 Å². The number of carbonyl (C=O) groups excluding carboxylic acids is 1. The van der Waals surface area contributed by atoms with Crippen LogP contribution in [0.25, 0.3) is 0 Å². The van der Waals surface area contributed by atoms with E-state index in [2.05, 4.69) is 25.9 Å². The summed E-state index contributed by atoms with van der Waals surface area (Å²) in [5, 5.41) is 9.17. The van der Waals surface area contributed by atoms with Gasteiger partial charge in [0.15, 0.2) is 5.82 Å². The predicted molar refractivity (Wildman–Crippen MR) is 77.6 cm³/mol. The van der Waals surface area contributed by atoms with Crippen LogP contribution < -0.4 is 16.0 Å². The van der Waals surface area contributed by atoms with Crippen molar-refractivity contribution in [3.05, 3.63) is 11.2 Å². The smallest absolute Gasteiger partial charge is 0.242 e. The highest BCUT2D eigenvalue weighted by molar-refractivity contribution is 6.32. The van der Waals surface area contributed by atoms with E-state index in [9.17, 15) is 4.79 Å². The molecule has 0 spiro atoms. The minimum atomic E-state index is -0.427. The monoisotopic (exact) mass is 285 g/mol. The van der Waals surface area contributed by atoms with Crippen molar-refractivity contribution in [2.45, 2.75) is 39.8 Å². The van der Waals surface area contributed by atoms with Gasteiger partial charge in [-0.1, -0.05) is 11.6 Å².